The minimum Gasteiger partial charge on any atom is -0.383 e. The molecule has 0 aliphatic heterocycles. The van der Waals surface area contributed by atoms with Gasteiger partial charge < -0.3 is 11.1 Å². The van der Waals surface area contributed by atoms with Gasteiger partial charge in [-0.2, -0.15) is 13.2 Å². The second-order valence-electron chi connectivity index (χ2n) is 6.77. The molecule has 8 heteroatoms. The molecule has 0 atom stereocenters. The van der Waals surface area contributed by atoms with Gasteiger partial charge in [0.1, 0.15) is 17.3 Å². The Morgan fingerprint density at radius 1 is 1.20 bits per heavy atom. The first kappa shape index (κ1) is 18.7. The van der Waals surface area contributed by atoms with E-state index in [9.17, 15) is 18.0 Å². The summed E-state index contributed by atoms with van der Waals surface area (Å²) in [5.41, 5.74) is 3.58. The molecule has 0 bridgehead atoms. The summed E-state index contributed by atoms with van der Waals surface area (Å²) in [5, 5.41) is 2.95. The second kappa shape index (κ2) is 6.70. The first-order valence-corrected chi connectivity index (χ1v) is 7.56. The number of nitrogens with zero attached hydrogens (tertiary/aromatic N) is 2. The number of rotatable bonds is 4. The number of alkyl halides is 3. The number of nitrogen functional groups attached to an aromatic ring is 1. The molecule has 2 aromatic heterocycles. The van der Waals surface area contributed by atoms with E-state index in [2.05, 4.69) is 15.3 Å². The molecule has 0 aromatic carbocycles. The molecule has 0 fully saturated rings. The number of nitrogens with one attached hydrogen (secondary N) is 1. The molecule has 25 heavy (non-hydrogen) atoms. The molecule has 3 N–H and O–H groups in total. The van der Waals surface area contributed by atoms with Crippen LogP contribution in [0.15, 0.2) is 30.5 Å². The van der Waals surface area contributed by atoms with E-state index < -0.39 is 23.2 Å². The van der Waals surface area contributed by atoms with Crippen molar-refractivity contribution in [2.24, 2.45) is 5.41 Å². The number of ketones is 1. The van der Waals surface area contributed by atoms with Crippen molar-refractivity contribution in [1.82, 2.24) is 9.97 Å². The summed E-state index contributed by atoms with van der Waals surface area (Å²) in [7, 11) is 0. The molecule has 134 valence electrons. The monoisotopic (exact) mass is 352 g/mol. The fourth-order valence-corrected chi connectivity index (χ4v) is 2.05. The minimum absolute atomic E-state index is 0.109. The highest BCUT2D eigenvalue weighted by Gasteiger charge is 2.37. The highest BCUT2D eigenvalue weighted by atomic mass is 19.4. The molecule has 0 spiro atoms. The lowest BCUT2D eigenvalue weighted by atomic mass is 9.97. The molecular formula is C17H19F3N4O. The number of nitrogens with two attached hydrogens (primary N) is 1. The molecule has 2 rings (SSSR count). The predicted octanol–water partition coefficient (Wildman–Crippen LogP) is 3.77. The van der Waals surface area contributed by atoms with Crippen LogP contribution in [0.5, 0.6) is 0 Å². The molecule has 0 aliphatic rings. The van der Waals surface area contributed by atoms with E-state index in [1.165, 1.54) is 24.4 Å². The van der Waals surface area contributed by atoms with E-state index in [4.69, 9.17) is 5.73 Å². The topological polar surface area (TPSA) is 80.9 Å². The fraction of sp³-hybridized carbons (Fsp3) is 0.353. The van der Waals surface area contributed by atoms with Crippen LogP contribution in [0.1, 0.15) is 42.4 Å². The van der Waals surface area contributed by atoms with Crippen molar-refractivity contribution in [2.75, 3.05) is 17.6 Å². The molecule has 0 unspecified atom stereocenters. The number of carbonyl (C=O) groups is 1. The van der Waals surface area contributed by atoms with Crippen LogP contribution in [0.3, 0.4) is 0 Å². The van der Waals surface area contributed by atoms with Crippen LogP contribution in [0.2, 0.25) is 0 Å². The lowest BCUT2D eigenvalue weighted by Gasteiger charge is -2.20. The Morgan fingerprint density at radius 2 is 1.88 bits per heavy atom. The van der Waals surface area contributed by atoms with E-state index in [0.717, 1.165) is 6.07 Å². The largest absolute Gasteiger partial charge is 0.418 e. The Morgan fingerprint density at radius 3 is 2.44 bits per heavy atom. The average Bonchev–Trinajstić information content (AvgIpc) is 2.51. The zero-order valence-electron chi connectivity index (χ0n) is 14.1. The van der Waals surface area contributed by atoms with E-state index in [1.807, 2.05) is 20.8 Å². The van der Waals surface area contributed by atoms with Crippen LogP contribution in [0, 0.1) is 5.41 Å². The molecule has 2 aromatic rings. The normalized spacial score (nSPS) is 12.1. The van der Waals surface area contributed by atoms with Gasteiger partial charge >= 0.3 is 6.18 Å². The molecule has 5 nitrogen and oxygen atoms in total. The van der Waals surface area contributed by atoms with Gasteiger partial charge in [0.15, 0.2) is 0 Å². The zero-order chi connectivity index (χ0) is 18.8. The SMILES string of the molecule is CC(C)(C)CNc1ccc(C(F)(F)F)c(C(=O)c2cccnc2N)n1. The van der Waals surface area contributed by atoms with E-state index in [0.29, 0.717) is 6.54 Å². The maximum Gasteiger partial charge on any atom is 0.418 e. The predicted molar refractivity (Wildman–Crippen MR) is 89.3 cm³/mol. The van der Waals surface area contributed by atoms with E-state index in [1.54, 1.807) is 0 Å². The summed E-state index contributed by atoms with van der Waals surface area (Å²) in [5.74, 6) is -0.874. The summed E-state index contributed by atoms with van der Waals surface area (Å²) in [6, 6.07) is 4.80. The third-order valence-corrected chi connectivity index (χ3v) is 3.30. The fourth-order valence-electron chi connectivity index (χ4n) is 2.05. The summed E-state index contributed by atoms with van der Waals surface area (Å²) in [6.45, 7) is 6.37. The third-order valence-electron chi connectivity index (χ3n) is 3.30. The van der Waals surface area contributed by atoms with Gasteiger partial charge in [-0.1, -0.05) is 20.8 Å². The van der Waals surface area contributed by atoms with Crippen molar-refractivity contribution in [1.29, 1.82) is 0 Å². The van der Waals surface area contributed by atoms with Gasteiger partial charge in [-0.25, -0.2) is 9.97 Å². The number of pyridine rings is 2. The van der Waals surface area contributed by atoms with Crippen molar-refractivity contribution in [3.8, 4) is 0 Å². The molecule has 2 heterocycles. The smallest absolute Gasteiger partial charge is 0.383 e. The van der Waals surface area contributed by atoms with Crippen LogP contribution in [-0.4, -0.2) is 22.3 Å². The Hall–Kier alpha value is -2.64. The number of hydrogen-bond acceptors (Lipinski definition) is 5. The van der Waals surface area contributed by atoms with Crippen LogP contribution >= 0.6 is 0 Å². The van der Waals surface area contributed by atoms with Crippen molar-refractivity contribution >= 4 is 17.4 Å². The standard InChI is InChI=1S/C17H19F3N4O/c1-16(2,3)9-23-12-7-6-11(17(18,19)20)13(24-12)14(25)10-5-4-8-22-15(10)21/h4-8H,9H2,1-3H3,(H2,21,22)(H,23,24). The highest BCUT2D eigenvalue weighted by molar-refractivity contribution is 6.11. The van der Waals surface area contributed by atoms with E-state index >= 15 is 0 Å². The summed E-state index contributed by atoms with van der Waals surface area (Å²) in [6.07, 6.45) is -3.36. The van der Waals surface area contributed by atoms with Crippen molar-refractivity contribution in [3.05, 3.63) is 47.3 Å². The Labute approximate surface area is 143 Å². The van der Waals surface area contributed by atoms with Gasteiger partial charge in [-0.3, -0.25) is 4.79 Å². The zero-order valence-corrected chi connectivity index (χ0v) is 14.1. The molecule has 0 aliphatic carbocycles. The molecule has 0 saturated carbocycles. The van der Waals surface area contributed by atoms with Crippen LogP contribution < -0.4 is 11.1 Å². The molecule has 0 saturated heterocycles. The van der Waals surface area contributed by atoms with Crippen molar-refractivity contribution in [3.63, 3.8) is 0 Å². The lowest BCUT2D eigenvalue weighted by molar-refractivity contribution is -0.138. The summed E-state index contributed by atoms with van der Waals surface area (Å²) in [4.78, 5) is 20.2. The maximum absolute atomic E-state index is 13.3. The second-order valence-corrected chi connectivity index (χ2v) is 6.77. The Balaban J connectivity index is 2.49. The van der Waals surface area contributed by atoms with Crippen molar-refractivity contribution < 1.29 is 18.0 Å². The Kier molecular flexibility index (Phi) is 5.01. The first-order chi connectivity index (χ1) is 11.5. The van der Waals surface area contributed by atoms with Gasteiger partial charge in [-0.05, 0) is 29.7 Å². The first-order valence-electron chi connectivity index (χ1n) is 7.56. The number of hydrogen-bond donors (Lipinski definition) is 2. The number of halogens is 3. The summed E-state index contributed by atoms with van der Waals surface area (Å²) >= 11 is 0. The van der Waals surface area contributed by atoms with E-state index in [-0.39, 0.29) is 22.6 Å². The Bertz CT molecular complexity index is 782. The van der Waals surface area contributed by atoms with Gasteiger partial charge in [0.25, 0.3) is 0 Å². The van der Waals surface area contributed by atoms with Crippen molar-refractivity contribution in [2.45, 2.75) is 26.9 Å². The number of aromatic nitrogens is 2. The number of anilines is 2. The third kappa shape index (κ3) is 4.68. The van der Waals surface area contributed by atoms with Crippen LogP contribution in [0.25, 0.3) is 0 Å². The highest BCUT2D eigenvalue weighted by Crippen LogP contribution is 2.33. The van der Waals surface area contributed by atoms with Crippen LogP contribution in [-0.2, 0) is 6.18 Å². The molecule has 0 radical (unpaired) electrons. The summed E-state index contributed by atoms with van der Waals surface area (Å²) < 4.78 is 39.8. The van der Waals surface area contributed by atoms with Crippen LogP contribution in [0.4, 0.5) is 24.8 Å². The quantitative estimate of drug-likeness (QED) is 0.819. The molecular weight excluding hydrogens is 333 g/mol. The number of carbonyl (C=O) groups excluding carboxylic acids is 1. The maximum atomic E-state index is 13.3. The lowest BCUT2D eigenvalue weighted by Crippen LogP contribution is -2.22. The minimum atomic E-state index is -4.71. The van der Waals surface area contributed by atoms with Gasteiger partial charge in [0.05, 0.1) is 11.1 Å². The van der Waals surface area contributed by atoms with Gasteiger partial charge in [0.2, 0.25) is 5.78 Å². The van der Waals surface area contributed by atoms with Gasteiger partial charge in [0, 0.05) is 12.7 Å². The van der Waals surface area contributed by atoms with Gasteiger partial charge in [-0.15, -0.1) is 0 Å². The average molecular weight is 352 g/mol. The molecule has 0 amide bonds.